The Morgan fingerprint density at radius 3 is 2.29 bits per heavy atom. The maximum absolute atomic E-state index is 12.0. The van der Waals surface area contributed by atoms with E-state index in [0.29, 0.717) is 0 Å². The molecule has 0 aliphatic heterocycles. The first-order valence-electron chi connectivity index (χ1n) is 6.62. The number of unbranched alkanes of at least 4 members (excludes halogenated alkanes) is 1. The lowest BCUT2D eigenvalue weighted by atomic mass is 10.2. The fraction of sp³-hybridized carbons (Fsp3) is 0.400. The highest BCUT2D eigenvalue weighted by atomic mass is 16.6. The molecule has 0 N–H and O–H groups in total. The average Bonchev–Trinajstić information content (AvgIpc) is 2.39. The van der Waals surface area contributed by atoms with Crippen molar-refractivity contribution in [3.05, 3.63) is 23.8 Å². The number of hydrogen-bond donors (Lipinski definition) is 0. The maximum Gasteiger partial charge on any atom is 0.342 e. The quantitative estimate of drug-likeness (QED) is 0.455. The highest BCUT2D eigenvalue weighted by Gasteiger charge is 2.17. The smallest absolute Gasteiger partial charge is 0.342 e. The van der Waals surface area contributed by atoms with Gasteiger partial charge in [-0.3, -0.25) is 9.59 Å². The Labute approximate surface area is 123 Å². The maximum atomic E-state index is 12.0. The van der Waals surface area contributed by atoms with Crippen LogP contribution in [0, 0.1) is 0 Å². The third-order valence-corrected chi connectivity index (χ3v) is 2.42. The van der Waals surface area contributed by atoms with Crippen molar-refractivity contribution in [2.75, 3.05) is 6.61 Å². The van der Waals surface area contributed by atoms with Gasteiger partial charge in [-0.15, -0.1) is 0 Å². The Kier molecular flexibility index (Phi) is 6.39. The number of ether oxygens (including phenoxy) is 3. The fourth-order valence-corrected chi connectivity index (χ4v) is 1.53. The SMILES string of the molecule is CCCCOC(=O)c1cc(OC(C)=O)ccc1OC(C)=O. The van der Waals surface area contributed by atoms with Crippen LogP contribution in [-0.2, 0) is 14.3 Å². The van der Waals surface area contributed by atoms with Gasteiger partial charge in [-0.1, -0.05) is 13.3 Å². The van der Waals surface area contributed by atoms with Crippen molar-refractivity contribution in [3.63, 3.8) is 0 Å². The highest BCUT2D eigenvalue weighted by molar-refractivity contribution is 5.94. The highest BCUT2D eigenvalue weighted by Crippen LogP contribution is 2.25. The second-order valence-corrected chi connectivity index (χ2v) is 4.33. The molecule has 0 fully saturated rings. The van der Waals surface area contributed by atoms with Gasteiger partial charge in [-0.25, -0.2) is 4.79 Å². The minimum Gasteiger partial charge on any atom is -0.462 e. The Morgan fingerprint density at radius 2 is 1.71 bits per heavy atom. The van der Waals surface area contributed by atoms with Crippen LogP contribution in [-0.4, -0.2) is 24.5 Å². The zero-order valence-electron chi connectivity index (χ0n) is 12.3. The molecule has 0 saturated heterocycles. The summed E-state index contributed by atoms with van der Waals surface area (Å²) >= 11 is 0. The summed E-state index contributed by atoms with van der Waals surface area (Å²) in [5.74, 6) is -1.45. The predicted molar refractivity (Wildman–Crippen MR) is 74.3 cm³/mol. The molecule has 0 amide bonds. The van der Waals surface area contributed by atoms with Gasteiger partial charge in [0.05, 0.1) is 6.61 Å². The van der Waals surface area contributed by atoms with Gasteiger partial charge in [-0.05, 0) is 24.6 Å². The van der Waals surface area contributed by atoms with E-state index in [1.54, 1.807) is 0 Å². The Hall–Kier alpha value is -2.37. The van der Waals surface area contributed by atoms with Gasteiger partial charge in [0.2, 0.25) is 0 Å². The fourth-order valence-electron chi connectivity index (χ4n) is 1.53. The molecule has 0 aromatic heterocycles. The van der Waals surface area contributed by atoms with Crippen molar-refractivity contribution in [1.82, 2.24) is 0 Å². The van der Waals surface area contributed by atoms with E-state index in [9.17, 15) is 14.4 Å². The summed E-state index contributed by atoms with van der Waals surface area (Å²) in [6, 6.07) is 4.13. The van der Waals surface area contributed by atoms with Crippen molar-refractivity contribution >= 4 is 17.9 Å². The molecular weight excluding hydrogens is 276 g/mol. The third kappa shape index (κ3) is 5.64. The molecule has 0 spiro atoms. The van der Waals surface area contributed by atoms with E-state index in [1.807, 2.05) is 6.92 Å². The van der Waals surface area contributed by atoms with Crippen molar-refractivity contribution in [2.45, 2.75) is 33.6 Å². The summed E-state index contributed by atoms with van der Waals surface area (Å²) < 4.78 is 14.9. The van der Waals surface area contributed by atoms with Crippen LogP contribution in [0.1, 0.15) is 44.0 Å². The molecule has 0 radical (unpaired) electrons. The molecule has 0 bridgehead atoms. The average molecular weight is 294 g/mol. The molecule has 0 atom stereocenters. The van der Waals surface area contributed by atoms with E-state index in [4.69, 9.17) is 14.2 Å². The first-order valence-corrected chi connectivity index (χ1v) is 6.62. The summed E-state index contributed by atoms with van der Waals surface area (Å²) in [5.41, 5.74) is 0.0417. The monoisotopic (exact) mass is 294 g/mol. The largest absolute Gasteiger partial charge is 0.462 e. The van der Waals surface area contributed by atoms with Crippen molar-refractivity contribution in [2.24, 2.45) is 0 Å². The van der Waals surface area contributed by atoms with Crippen molar-refractivity contribution in [3.8, 4) is 11.5 Å². The second kappa shape index (κ2) is 8.04. The van der Waals surface area contributed by atoms with Crippen LogP contribution in [0.5, 0.6) is 11.5 Å². The topological polar surface area (TPSA) is 78.9 Å². The summed E-state index contributed by atoms with van der Waals surface area (Å²) in [7, 11) is 0. The molecule has 6 heteroatoms. The van der Waals surface area contributed by atoms with Crippen LogP contribution < -0.4 is 9.47 Å². The zero-order chi connectivity index (χ0) is 15.8. The van der Waals surface area contributed by atoms with Gasteiger partial charge in [0.25, 0.3) is 0 Å². The lowest BCUT2D eigenvalue weighted by Crippen LogP contribution is -2.12. The van der Waals surface area contributed by atoms with Gasteiger partial charge in [0, 0.05) is 13.8 Å². The van der Waals surface area contributed by atoms with Crippen LogP contribution in [0.4, 0.5) is 0 Å². The van der Waals surface area contributed by atoms with Gasteiger partial charge in [0.1, 0.15) is 17.1 Å². The van der Waals surface area contributed by atoms with E-state index in [-0.39, 0.29) is 23.7 Å². The van der Waals surface area contributed by atoms with Crippen LogP contribution in [0.2, 0.25) is 0 Å². The molecule has 1 aromatic rings. The number of hydrogen-bond acceptors (Lipinski definition) is 6. The minimum absolute atomic E-state index is 0.0417. The van der Waals surface area contributed by atoms with Crippen molar-refractivity contribution < 1.29 is 28.6 Å². The lowest BCUT2D eigenvalue weighted by Gasteiger charge is -2.10. The molecule has 0 saturated carbocycles. The molecule has 0 aliphatic carbocycles. The summed E-state index contributed by atoms with van der Waals surface area (Å²) in [5, 5.41) is 0. The summed E-state index contributed by atoms with van der Waals surface area (Å²) in [6.45, 7) is 4.72. The first kappa shape index (κ1) is 16.7. The van der Waals surface area contributed by atoms with Crippen LogP contribution in [0.15, 0.2) is 18.2 Å². The molecule has 0 aliphatic rings. The number of carbonyl (C=O) groups is 3. The van der Waals surface area contributed by atoms with E-state index in [2.05, 4.69) is 0 Å². The molecular formula is C15H18O6. The van der Waals surface area contributed by atoms with Gasteiger partial charge < -0.3 is 14.2 Å². The van der Waals surface area contributed by atoms with Crippen molar-refractivity contribution in [1.29, 1.82) is 0 Å². The molecule has 1 aromatic carbocycles. The Balaban J connectivity index is 3.00. The van der Waals surface area contributed by atoms with Crippen LogP contribution in [0.3, 0.4) is 0 Å². The van der Waals surface area contributed by atoms with Gasteiger partial charge in [0.15, 0.2) is 0 Å². The lowest BCUT2D eigenvalue weighted by molar-refractivity contribution is -0.133. The molecule has 0 heterocycles. The Bertz CT molecular complexity index is 535. The Morgan fingerprint density at radius 1 is 1.05 bits per heavy atom. The molecule has 6 nitrogen and oxygen atoms in total. The third-order valence-electron chi connectivity index (χ3n) is 2.42. The second-order valence-electron chi connectivity index (χ2n) is 4.33. The number of carbonyl (C=O) groups excluding carboxylic acids is 3. The molecule has 1 rings (SSSR count). The summed E-state index contributed by atoms with van der Waals surface area (Å²) in [6.07, 6.45) is 1.62. The van der Waals surface area contributed by atoms with E-state index in [0.717, 1.165) is 12.8 Å². The first-order chi connectivity index (χ1) is 9.93. The number of esters is 3. The predicted octanol–water partition coefficient (Wildman–Crippen LogP) is 2.49. The molecule has 114 valence electrons. The molecule has 21 heavy (non-hydrogen) atoms. The van der Waals surface area contributed by atoms with Gasteiger partial charge in [-0.2, -0.15) is 0 Å². The minimum atomic E-state index is -0.631. The van der Waals surface area contributed by atoms with E-state index < -0.39 is 17.9 Å². The van der Waals surface area contributed by atoms with Crippen LogP contribution in [0.25, 0.3) is 0 Å². The van der Waals surface area contributed by atoms with E-state index >= 15 is 0 Å². The number of rotatable bonds is 6. The summed E-state index contributed by atoms with van der Waals surface area (Å²) in [4.78, 5) is 34.0. The van der Waals surface area contributed by atoms with E-state index in [1.165, 1.54) is 32.0 Å². The van der Waals surface area contributed by atoms with Crippen LogP contribution >= 0.6 is 0 Å². The normalized spacial score (nSPS) is 9.86. The standard InChI is InChI=1S/C15H18O6/c1-4-5-8-19-15(18)13-9-12(20-10(2)16)6-7-14(13)21-11(3)17/h6-7,9H,4-5,8H2,1-3H3. The van der Waals surface area contributed by atoms with Gasteiger partial charge >= 0.3 is 17.9 Å². The molecule has 0 unspecified atom stereocenters. The zero-order valence-corrected chi connectivity index (χ0v) is 12.3. The number of benzene rings is 1.